The zero-order valence-corrected chi connectivity index (χ0v) is 18.8. The van der Waals surface area contributed by atoms with E-state index in [4.69, 9.17) is 23.2 Å². The van der Waals surface area contributed by atoms with Crippen LogP contribution in [0.2, 0.25) is 10.0 Å². The molecule has 1 atom stereocenters. The van der Waals surface area contributed by atoms with Crippen molar-refractivity contribution in [3.8, 4) is 0 Å². The lowest BCUT2D eigenvalue weighted by Crippen LogP contribution is -2.20. The molecule has 1 N–H and O–H groups in total. The maximum atomic E-state index is 12.0. The van der Waals surface area contributed by atoms with Gasteiger partial charge < -0.3 is 14.2 Å². The molecule has 0 fully saturated rings. The molecule has 3 rings (SSSR count). The van der Waals surface area contributed by atoms with Crippen molar-refractivity contribution in [1.29, 1.82) is 0 Å². The van der Waals surface area contributed by atoms with E-state index in [0.717, 1.165) is 16.7 Å². The Labute approximate surface area is 185 Å². The molecular weight excluding hydrogens is 423 g/mol. The number of carboxylic acid groups (broad SMARTS) is 1. The second-order valence-corrected chi connectivity index (χ2v) is 8.63. The van der Waals surface area contributed by atoms with Crippen LogP contribution in [0.1, 0.15) is 58.5 Å². The fourth-order valence-corrected chi connectivity index (χ4v) is 4.43. The van der Waals surface area contributed by atoms with Gasteiger partial charge in [-0.15, -0.1) is 0 Å². The topological polar surface area (TPSA) is 64.2 Å². The molecule has 0 aliphatic rings. The molecule has 30 heavy (non-hydrogen) atoms. The minimum absolute atomic E-state index is 0.0759. The van der Waals surface area contributed by atoms with Crippen LogP contribution in [0.4, 0.5) is 0 Å². The van der Waals surface area contributed by atoms with Gasteiger partial charge in [-0.3, -0.25) is 4.79 Å². The van der Waals surface area contributed by atoms with E-state index in [1.54, 1.807) is 25.4 Å². The second kappa shape index (κ2) is 8.70. The van der Waals surface area contributed by atoms with Gasteiger partial charge in [0.05, 0.1) is 5.56 Å². The Kier molecular flexibility index (Phi) is 6.44. The summed E-state index contributed by atoms with van der Waals surface area (Å²) in [6.45, 7) is 6.00. The molecule has 5 nitrogen and oxygen atoms in total. The van der Waals surface area contributed by atoms with Crippen LogP contribution in [-0.2, 0) is 13.5 Å². The molecule has 0 spiro atoms. The van der Waals surface area contributed by atoms with Gasteiger partial charge in [-0.05, 0) is 68.1 Å². The Morgan fingerprint density at radius 1 is 1.17 bits per heavy atom. The first kappa shape index (κ1) is 22.2. The highest BCUT2D eigenvalue weighted by atomic mass is 35.5. The van der Waals surface area contributed by atoms with Crippen molar-refractivity contribution in [2.24, 2.45) is 7.05 Å². The molecule has 0 saturated heterocycles. The molecule has 0 radical (unpaired) electrons. The van der Waals surface area contributed by atoms with Gasteiger partial charge in [0.2, 0.25) is 0 Å². The van der Waals surface area contributed by atoms with Crippen LogP contribution >= 0.6 is 23.2 Å². The third-order valence-electron chi connectivity index (χ3n) is 5.32. The van der Waals surface area contributed by atoms with E-state index in [1.165, 1.54) is 4.57 Å². The fraction of sp³-hybridized carbons (Fsp3) is 0.304. The quantitative estimate of drug-likeness (QED) is 0.546. The highest BCUT2D eigenvalue weighted by molar-refractivity contribution is 6.30. The molecule has 1 aromatic carbocycles. The first-order chi connectivity index (χ1) is 14.1. The number of carbonyl (C=O) groups is 1. The minimum Gasteiger partial charge on any atom is -0.478 e. The van der Waals surface area contributed by atoms with E-state index in [9.17, 15) is 14.7 Å². The van der Waals surface area contributed by atoms with Gasteiger partial charge in [0.25, 0.3) is 5.56 Å². The SMILES string of the molecule is Cc1cc(Cl)ccc1C(Cc1cc(Cl)c(=O)n(C)c1)c1c(C(=O)O)ccn1C(C)C. The molecule has 7 heteroatoms. The van der Waals surface area contributed by atoms with E-state index in [1.807, 2.05) is 49.7 Å². The highest BCUT2D eigenvalue weighted by Crippen LogP contribution is 2.36. The van der Waals surface area contributed by atoms with Crippen LogP contribution in [-0.4, -0.2) is 20.2 Å². The second-order valence-electron chi connectivity index (χ2n) is 7.79. The van der Waals surface area contributed by atoms with Crippen molar-refractivity contribution < 1.29 is 9.90 Å². The Bertz CT molecular complexity index is 1140. The predicted octanol–water partition coefficient (Wildman–Crippen LogP) is 5.46. The highest BCUT2D eigenvalue weighted by Gasteiger charge is 2.27. The first-order valence-corrected chi connectivity index (χ1v) is 10.4. The Morgan fingerprint density at radius 2 is 1.87 bits per heavy atom. The normalized spacial score (nSPS) is 12.4. The number of hydrogen-bond acceptors (Lipinski definition) is 2. The summed E-state index contributed by atoms with van der Waals surface area (Å²) in [4.78, 5) is 24.1. The van der Waals surface area contributed by atoms with Crippen molar-refractivity contribution >= 4 is 29.2 Å². The number of rotatable bonds is 6. The summed E-state index contributed by atoms with van der Waals surface area (Å²) in [6, 6.07) is 9.00. The van der Waals surface area contributed by atoms with Gasteiger partial charge in [-0.2, -0.15) is 0 Å². The lowest BCUT2D eigenvalue weighted by atomic mass is 9.85. The number of nitrogens with zero attached hydrogens (tertiary/aromatic N) is 2. The minimum atomic E-state index is -0.973. The standard InChI is InChI=1S/C23H24Cl2N2O3/c1-13(2)27-8-7-18(23(29)30)21(27)19(17-6-5-16(24)9-14(17)3)10-15-11-20(25)22(28)26(4)12-15/h5-9,11-13,19H,10H2,1-4H3,(H,29,30). The van der Waals surface area contributed by atoms with E-state index in [-0.39, 0.29) is 28.1 Å². The summed E-state index contributed by atoms with van der Waals surface area (Å²) >= 11 is 12.3. The van der Waals surface area contributed by atoms with Gasteiger partial charge in [0, 0.05) is 42.1 Å². The Morgan fingerprint density at radius 3 is 2.43 bits per heavy atom. The average molecular weight is 447 g/mol. The van der Waals surface area contributed by atoms with Gasteiger partial charge in [-0.25, -0.2) is 4.79 Å². The monoisotopic (exact) mass is 446 g/mol. The largest absolute Gasteiger partial charge is 0.478 e. The molecular formula is C23H24Cl2N2O3. The third kappa shape index (κ3) is 4.32. The maximum Gasteiger partial charge on any atom is 0.337 e. The number of halogens is 2. The van der Waals surface area contributed by atoms with E-state index in [2.05, 4.69) is 0 Å². The molecule has 0 bridgehead atoms. The smallest absolute Gasteiger partial charge is 0.337 e. The molecule has 158 valence electrons. The summed E-state index contributed by atoms with van der Waals surface area (Å²) < 4.78 is 3.44. The summed E-state index contributed by atoms with van der Waals surface area (Å²) in [5.74, 6) is -1.24. The van der Waals surface area contributed by atoms with Crippen LogP contribution in [0.5, 0.6) is 0 Å². The van der Waals surface area contributed by atoms with Crippen LogP contribution in [0, 0.1) is 6.92 Å². The van der Waals surface area contributed by atoms with Crippen molar-refractivity contribution in [3.63, 3.8) is 0 Å². The number of pyridine rings is 1. The molecule has 0 saturated carbocycles. The van der Waals surface area contributed by atoms with Crippen LogP contribution in [0.3, 0.4) is 0 Å². The molecule has 0 aliphatic heterocycles. The summed E-state index contributed by atoms with van der Waals surface area (Å²) in [5.41, 5.74) is 3.50. The lowest BCUT2D eigenvalue weighted by molar-refractivity contribution is 0.0695. The van der Waals surface area contributed by atoms with Crippen molar-refractivity contribution in [2.45, 2.75) is 39.2 Å². The van der Waals surface area contributed by atoms with Gasteiger partial charge in [0.1, 0.15) is 5.02 Å². The molecule has 0 amide bonds. The Balaban J connectivity index is 2.25. The number of aromatic nitrogens is 2. The number of hydrogen-bond donors (Lipinski definition) is 1. The number of aryl methyl sites for hydroxylation is 2. The van der Waals surface area contributed by atoms with Gasteiger partial charge in [-0.1, -0.05) is 29.3 Å². The van der Waals surface area contributed by atoms with E-state index >= 15 is 0 Å². The van der Waals surface area contributed by atoms with E-state index < -0.39 is 5.97 Å². The van der Waals surface area contributed by atoms with Crippen molar-refractivity contribution in [3.05, 3.63) is 91.1 Å². The number of carboxylic acids is 1. The fourth-order valence-electron chi connectivity index (χ4n) is 3.93. The number of benzene rings is 1. The van der Waals surface area contributed by atoms with Crippen LogP contribution in [0.25, 0.3) is 0 Å². The molecule has 0 aliphatic carbocycles. The first-order valence-electron chi connectivity index (χ1n) is 9.65. The predicted molar refractivity (Wildman–Crippen MR) is 120 cm³/mol. The molecule has 2 heterocycles. The molecule has 2 aromatic heterocycles. The Hall–Kier alpha value is -2.50. The molecule has 1 unspecified atom stereocenters. The molecule has 3 aromatic rings. The summed E-state index contributed by atoms with van der Waals surface area (Å²) in [7, 11) is 1.65. The van der Waals surface area contributed by atoms with Crippen molar-refractivity contribution in [1.82, 2.24) is 9.13 Å². The van der Waals surface area contributed by atoms with E-state index in [0.29, 0.717) is 17.1 Å². The van der Waals surface area contributed by atoms with Gasteiger partial charge in [0.15, 0.2) is 0 Å². The van der Waals surface area contributed by atoms with Gasteiger partial charge >= 0.3 is 5.97 Å². The van der Waals surface area contributed by atoms with Crippen molar-refractivity contribution in [2.75, 3.05) is 0 Å². The van der Waals surface area contributed by atoms with Crippen LogP contribution < -0.4 is 5.56 Å². The summed E-state index contributed by atoms with van der Waals surface area (Å²) in [5, 5.41) is 10.6. The number of aromatic carboxylic acids is 1. The average Bonchev–Trinajstić information content (AvgIpc) is 3.10. The maximum absolute atomic E-state index is 12.0. The third-order valence-corrected chi connectivity index (χ3v) is 5.82. The lowest BCUT2D eigenvalue weighted by Gasteiger charge is -2.25. The summed E-state index contributed by atoms with van der Waals surface area (Å²) in [6.07, 6.45) is 4.04. The zero-order valence-electron chi connectivity index (χ0n) is 17.3. The van der Waals surface area contributed by atoms with Crippen LogP contribution in [0.15, 0.2) is 47.5 Å². The zero-order chi connectivity index (χ0) is 22.2.